The minimum Gasteiger partial charge on any atom is -0.291 e. The molecule has 0 amide bonds. The summed E-state index contributed by atoms with van der Waals surface area (Å²) in [6.07, 6.45) is -0.444. The molecule has 0 saturated carbocycles. The first kappa shape index (κ1) is 14.2. The lowest BCUT2D eigenvalue weighted by Gasteiger charge is -2.07. The summed E-state index contributed by atoms with van der Waals surface area (Å²) in [6.45, 7) is 1.19. The Balaban J connectivity index is 5.57. The van der Waals surface area contributed by atoms with E-state index in [-0.39, 0.29) is 0 Å². The number of rotatable bonds is 5. The van der Waals surface area contributed by atoms with Crippen LogP contribution in [0, 0.1) is 0 Å². The van der Waals surface area contributed by atoms with Crippen molar-refractivity contribution in [3.8, 4) is 0 Å². The Kier molecular flexibility index (Phi) is 4.10. The average molecular weight is 260 g/mol. The third-order valence-electron chi connectivity index (χ3n) is 1.35. The molecule has 0 aromatic heterocycles. The highest BCUT2D eigenvalue weighted by Crippen LogP contribution is 2.09. The molecule has 10 heteroatoms. The van der Waals surface area contributed by atoms with Crippen LogP contribution in [0.2, 0.25) is 0 Å². The molecular formula is C5H8O8S2. The molecule has 0 atom stereocenters. The number of hydrogen-bond acceptors (Lipinski definition) is 6. The maximum atomic E-state index is 10.9. The molecular weight excluding hydrogens is 252 g/mol. The first-order valence-corrected chi connectivity index (χ1v) is 6.52. The molecule has 0 aromatic carbocycles. The summed E-state index contributed by atoms with van der Waals surface area (Å²) >= 11 is 0. The van der Waals surface area contributed by atoms with Crippen LogP contribution in [0.15, 0.2) is 0 Å². The van der Waals surface area contributed by atoms with E-state index in [0.717, 1.165) is 0 Å². The van der Waals surface area contributed by atoms with Crippen molar-refractivity contribution in [3.05, 3.63) is 0 Å². The predicted octanol–water partition coefficient (Wildman–Crippen LogP) is -1.36. The lowest BCUT2D eigenvalue weighted by molar-refractivity contribution is -0.135. The first-order chi connectivity index (χ1) is 6.51. The topological polar surface area (TPSA) is 143 Å². The fourth-order valence-electron chi connectivity index (χ4n) is 0.730. The van der Waals surface area contributed by atoms with Crippen LogP contribution in [0.25, 0.3) is 0 Å². The van der Waals surface area contributed by atoms with Crippen LogP contribution < -0.4 is 0 Å². The summed E-state index contributed by atoms with van der Waals surface area (Å²) in [5.41, 5.74) is 0. The molecule has 0 bridgehead atoms. The fraction of sp³-hybridized carbons (Fsp3) is 0.600. The van der Waals surface area contributed by atoms with Crippen molar-refractivity contribution in [3.63, 3.8) is 0 Å². The van der Waals surface area contributed by atoms with Crippen LogP contribution in [-0.4, -0.2) is 42.1 Å². The molecule has 0 aliphatic rings. The van der Waals surface area contributed by atoms with Gasteiger partial charge in [0.2, 0.25) is 11.6 Å². The van der Waals surface area contributed by atoms with Crippen molar-refractivity contribution in [2.45, 2.75) is 17.9 Å². The number of Topliss-reactive ketones (excluding diaryl/α,β-unsaturated/α-hetero) is 2. The number of carbonyl (C=O) groups is 2. The summed E-state index contributed by atoms with van der Waals surface area (Å²) in [7, 11) is -10.8. The lowest BCUT2D eigenvalue weighted by Crippen LogP contribution is -2.41. The smallest absolute Gasteiger partial charge is 0.291 e. The van der Waals surface area contributed by atoms with Gasteiger partial charge >= 0.3 is 0 Å². The third kappa shape index (κ3) is 3.66. The van der Waals surface area contributed by atoms with E-state index in [1.54, 1.807) is 0 Å². The van der Waals surface area contributed by atoms with Crippen molar-refractivity contribution in [1.29, 1.82) is 0 Å². The van der Waals surface area contributed by atoms with Gasteiger partial charge in [0.15, 0.2) is 0 Å². The van der Waals surface area contributed by atoms with E-state index in [2.05, 4.69) is 0 Å². The second-order valence-corrected chi connectivity index (χ2v) is 5.80. The van der Waals surface area contributed by atoms with Gasteiger partial charge in [0, 0.05) is 6.42 Å². The molecule has 8 nitrogen and oxygen atoms in total. The Morgan fingerprint density at radius 2 is 1.40 bits per heavy atom. The van der Waals surface area contributed by atoms with Gasteiger partial charge in [0.05, 0.1) is 0 Å². The van der Waals surface area contributed by atoms with Crippen LogP contribution in [0.3, 0.4) is 0 Å². The summed E-state index contributed by atoms with van der Waals surface area (Å²) in [6, 6.07) is 0. The van der Waals surface area contributed by atoms with Crippen molar-refractivity contribution >= 4 is 31.8 Å². The van der Waals surface area contributed by atoms with Gasteiger partial charge in [-0.3, -0.25) is 18.7 Å². The van der Waals surface area contributed by atoms with Crippen LogP contribution in [0.4, 0.5) is 0 Å². The maximum absolute atomic E-state index is 10.9. The van der Waals surface area contributed by atoms with E-state index in [0.29, 0.717) is 0 Å². The van der Waals surface area contributed by atoms with Gasteiger partial charge in [0.25, 0.3) is 24.8 Å². The Bertz CT molecular complexity index is 437. The third-order valence-corrected chi connectivity index (χ3v) is 4.32. The number of carbonyl (C=O) groups excluding carboxylic acids is 2. The second-order valence-electron chi connectivity index (χ2n) is 2.50. The van der Waals surface area contributed by atoms with E-state index in [4.69, 9.17) is 9.11 Å². The molecule has 0 rings (SSSR count). The molecule has 0 aromatic rings. The van der Waals surface area contributed by atoms with Crippen LogP contribution in [0.1, 0.15) is 13.3 Å². The SMILES string of the molecule is CCC(=O)C(=O)C(S(=O)(=O)O)S(=O)(=O)O. The molecule has 2 N–H and O–H groups in total. The van der Waals surface area contributed by atoms with E-state index in [1.165, 1.54) is 6.92 Å². The molecule has 15 heavy (non-hydrogen) atoms. The zero-order chi connectivity index (χ0) is 12.4. The zero-order valence-corrected chi connectivity index (χ0v) is 9.08. The van der Waals surface area contributed by atoms with E-state index < -0.39 is 42.8 Å². The van der Waals surface area contributed by atoms with E-state index in [9.17, 15) is 26.4 Å². The van der Waals surface area contributed by atoms with Gasteiger partial charge in [-0.15, -0.1) is 0 Å². The maximum Gasteiger partial charge on any atom is 0.292 e. The molecule has 0 spiro atoms. The minimum atomic E-state index is -5.39. The summed E-state index contributed by atoms with van der Waals surface area (Å²) in [4.78, 5) is 21.7. The quantitative estimate of drug-likeness (QED) is 0.455. The zero-order valence-electron chi connectivity index (χ0n) is 7.44. The van der Waals surface area contributed by atoms with Gasteiger partial charge in [-0.1, -0.05) is 6.92 Å². The molecule has 0 unspecified atom stereocenters. The normalized spacial score (nSPS) is 12.8. The van der Waals surface area contributed by atoms with E-state index in [1.807, 2.05) is 0 Å². The van der Waals surface area contributed by atoms with Gasteiger partial charge in [-0.25, -0.2) is 0 Å². The summed E-state index contributed by atoms with van der Waals surface area (Å²) in [5, 5.41) is 0. The molecule has 0 radical (unpaired) electrons. The molecule has 0 aliphatic heterocycles. The first-order valence-electron chi connectivity index (χ1n) is 3.51. The van der Waals surface area contributed by atoms with Crippen LogP contribution in [-0.2, 0) is 29.8 Å². The van der Waals surface area contributed by atoms with E-state index >= 15 is 0 Å². The Morgan fingerprint density at radius 3 is 1.60 bits per heavy atom. The highest BCUT2D eigenvalue weighted by Gasteiger charge is 2.44. The van der Waals surface area contributed by atoms with Gasteiger partial charge in [0.1, 0.15) is 0 Å². The molecule has 88 valence electrons. The predicted molar refractivity (Wildman–Crippen MR) is 47.2 cm³/mol. The highest BCUT2D eigenvalue weighted by molar-refractivity contribution is 8.05. The lowest BCUT2D eigenvalue weighted by atomic mass is 10.2. The average Bonchev–Trinajstić information content (AvgIpc) is 1.97. The molecule has 0 aliphatic carbocycles. The largest absolute Gasteiger partial charge is 0.292 e. The molecule has 0 saturated heterocycles. The van der Waals surface area contributed by atoms with Crippen molar-refractivity contribution in [2.75, 3.05) is 0 Å². The Morgan fingerprint density at radius 1 is 1.07 bits per heavy atom. The minimum absolute atomic E-state index is 0.444. The van der Waals surface area contributed by atoms with Gasteiger partial charge in [-0.05, 0) is 0 Å². The van der Waals surface area contributed by atoms with Crippen LogP contribution >= 0.6 is 0 Å². The molecule has 0 heterocycles. The van der Waals surface area contributed by atoms with Gasteiger partial charge < -0.3 is 0 Å². The van der Waals surface area contributed by atoms with Gasteiger partial charge in [-0.2, -0.15) is 16.8 Å². The summed E-state index contributed by atoms with van der Waals surface area (Å²) in [5.74, 6) is -3.21. The molecule has 0 fully saturated rings. The highest BCUT2D eigenvalue weighted by atomic mass is 32.3. The van der Waals surface area contributed by atoms with Crippen molar-refractivity contribution in [1.82, 2.24) is 0 Å². The standard InChI is InChI=1S/C5H8O8S2/c1-2-3(6)4(7)5(14(8,9)10)15(11,12)13/h5H,2H2,1H3,(H,8,9,10)(H,11,12,13). The van der Waals surface area contributed by atoms with Crippen molar-refractivity contribution in [2.24, 2.45) is 0 Å². The monoisotopic (exact) mass is 260 g/mol. The summed E-state index contributed by atoms with van der Waals surface area (Å²) < 4.78 is 55.6. The Hall–Kier alpha value is -0.840. The number of hydrogen-bond donors (Lipinski definition) is 2. The number of ketones is 2. The van der Waals surface area contributed by atoms with Crippen LogP contribution in [0.5, 0.6) is 0 Å². The Labute approximate surface area is 85.8 Å². The fourth-order valence-corrected chi connectivity index (χ4v) is 2.76. The van der Waals surface area contributed by atoms with Crippen molar-refractivity contribution < 1.29 is 35.5 Å². The second kappa shape index (κ2) is 4.35.